The van der Waals surface area contributed by atoms with Gasteiger partial charge in [-0.25, -0.2) is 4.98 Å². The van der Waals surface area contributed by atoms with Crippen LogP contribution in [0, 0.1) is 0 Å². The van der Waals surface area contributed by atoms with Gasteiger partial charge in [-0.2, -0.15) is 0 Å². The van der Waals surface area contributed by atoms with Gasteiger partial charge in [0.25, 0.3) is 5.91 Å². The first-order valence-corrected chi connectivity index (χ1v) is 7.11. The summed E-state index contributed by atoms with van der Waals surface area (Å²) >= 11 is 0. The van der Waals surface area contributed by atoms with Crippen molar-refractivity contribution >= 4 is 11.7 Å². The third kappa shape index (κ3) is 4.20. The molecule has 1 N–H and O–H groups in total. The number of nitrogens with zero attached hydrogens (tertiary/aromatic N) is 2. The monoisotopic (exact) mass is 279 g/mol. The van der Waals surface area contributed by atoms with Crippen LogP contribution >= 0.6 is 0 Å². The number of hydrogen-bond donors (Lipinski definition) is 1. The number of nitrogens with one attached hydrogen (secondary N) is 1. The number of methoxy groups -OCH3 is 1. The van der Waals surface area contributed by atoms with Gasteiger partial charge in [0.05, 0.1) is 12.2 Å². The van der Waals surface area contributed by atoms with Crippen molar-refractivity contribution in [3.05, 3.63) is 23.9 Å². The number of ether oxygens (including phenoxy) is 1. The van der Waals surface area contributed by atoms with Crippen molar-refractivity contribution in [2.24, 2.45) is 0 Å². The Morgan fingerprint density at radius 3 is 2.55 bits per heavy atom. The van der Waals surface area contributed by atoms with Crippen LogP contribution in [-0.4, -0.2) is 49.1 Å². The number of aromatic nitrogens is 1. The van der Waals surface area contributed by atoms with Crippen LogP contribution in [0.1, 0.15) is 37.0 Å². The van der Waals surface area contributed by atoms with Gasteiger partial charge >= 0.3 is 0 Å². The molecule has 0 saturated carbocycles. The SMILES string of the molecule is CCC(CC)N(CCOC)C(=O)c1ccc(NC)nc1. The number of rotatable bonds is 8. The van der Waals surface area contributed by atoms with Crippen LogP contribution in [0.15, 0.2) is 18.3 Å². The van der Waals surface area contributed by atoms with Gasteiger partial charge in [-0.1, -0.05) is 13.8 Å². The Morgan fingerprint density at radius 2 is 2.10 bits per heavy atom. The zero-order valence-corrected chi connectivity index (χ0v) is 12.8. The summed E-state index contributed by atoms with van der Waals surface area (Å²) in [4.78, 5) is 18.7. The Hall–Kier alpha value is -1.62. The molecule has 1 heterocycles. The Morgan fingerprint density at radius 1 is 1.40 bits per heavy atom. The molecule has 0 bridgehead atoms. The average Bonchev–Trinajstić information content (AvgIpc) is 2.51. The van der Waals surface area contributed by atoms with Gasteiger partial charge in [0.15, 0.2) is 0 Å². The predicted molar refractivity (Wildman–Crippen MR) is 81.1 cm³/mol. The van der Waals surface area contributed by atoms with Crippen LogP contribution in [0.5, 0.6) is 0 Å². The quantitative estimate of drug-likeness (QED) is 0.794. The highest BCUT2D eigenvalue weighted by Gasteiger charge is 2.22. The normalized spacial score (nSPS) is 10.7. The standard InChI is InChI=1S/C15H25N3O2/c1-5-13(6-2)18(9-10-20-4)15(19)12-7-8-14(16-3)17-11-12/h7-8,11,13H,5-6,9-10H2,1-4H3,(H,16,17). The van der Waals surface area contributed by atoms with E-state index in [-0.39, 0.29) is 11.9 Å². The van der Waals surface area contributed by atoms with Gasteiger partial charge < -0.3 is 15.0 Å². The number of carbonyl (C=O) groups excluding carboxylic acids is 1. The van der Waals surface area contributed by atoms with Crippen molar-refractivity contribution in [1.82, 2.24) is 9.88 Å². The van der Waals surface area contributed by atoms with E-state index in [2.05, 4.69) is 24.1 Å². The summed E-state index contributed by atoms with van der Waals surface area (Å²) in [5.41, 5.74) is 0.618. The van der Waals surface area contributed by atoms with E-state index in [9.17, 15) is 4.79 Å². The molecule has 5 heteroatoms. The van der Waals surface area contributed by atoms with Crippen molar-refractivity contribution in [1.29, 1.82) is 0 Å². The maximum atomic E-state index is 12.6. The first-order valence-electron chi connectivity index (χ1n) is 7.11. The van der Waals surface area contributed by atoms with Crippen molar-refractivity contribution in [3.63, 3.8) is 0 Å². The zero-order valence-electron chi connectivity index (χ0n) is 12.8. The van der Waals surface area contributed by atoms with Crippen LogP contribution < -0.4 is 5.32 Å². The fourth-order valence-corrected chi connectivity index (χ4v) is 2.20. The fraction of sp³-hybridized carbons (Fsp3) is 0.600. The molecule has 112 valence electrons. The highest BCUT2D eigenvalue weighted by Crippen LogP contribution is 2.14. The van der Waals surface area contributed by atoms with Crippen LogP contribution in [0.25, 0.3) is 0 Å². The maximum Gasteiger partial charge on any atom is 0.255 e. The van der Waals surface area contributed by atoms with Gasteiger partial charge in [-0.3, -0.25) is 4.79 Å². The molecule has 0 aliphatic carbocycles. The number of amides is 1. The van der Waals surface area contributed by atoms with E-state index in [0.717, 1.165) is 18.7 Å². The maximum absolute atomic E-state index is 12.6. The summed E-state index contributed by atoms with van der Waals surface area (Å²) < 4.78 is 5.11. The Bertz CT molecular complexity index is 402. The lowest BCUT2D eigenvalue weighted by Gasteiger charge is -2.30. The molecule has 1 aromatic heterocycles. The van der Waals surface area contributed by atoms with Crippen LogP contribution in [0.4, 0.5) is 5.82 Å². The number of hydrogen-bond acceptors (Lipinski definition) is 4. The lowest BCUT2D eigenvalue weighted by molar-refractivity contribution is 0.0589. The van der Waals surface area contributed by atoms with Crippen molar-refractivity contribution in [2.75, 3.05) is 32.6 Å². The first-order chi connectivity index (χ1) is 9.67. The second-order valence-electron chi connectivity index (χ2n) is 4.64. The average molecular weight is 279 g/mol. The van der Waals surface area contributed by atoms with Gasteiger partial charge in [0, 0.05) is 32.9 Å². The number of pyridine rings is 1. The summed E-state index contributed by atoms with van der Waals surface area (Å²) in [6.07, 6.45) is 3.50. The molecule has 5 nitrogen and oxygen atoms in total. The largest absolute Gasteiger partial charge is 0.383 e. The second-order valence-corrected chi connectivity index (χ2v) is 4.64. The minimum Gasteiger partial charge on any atom is -0.383 e. The third-order valence-corrected chi connectivity index (χ3v) is 3.45. The van der Waals surface area contributed by atoms with Crippen molar-refractivity contribution in [2.45, 2.75) is 32.7 Å². The molecule has 0 radical (unpaired) electrons. The molecule has 0 spiro atoms. The molecular weight excluding hydrogens is 254 g/mol. The van der Waals surface area contributed by atoms with Gasteiger partial charge in [-0.05, 0) is 25.0 Å². The van der Waals surface area contributed by atoms with Gasteiger partial charge in [0.2, 0.25) is 0 Å². The summed E-state index contributed by atoms with van der Waals surface area (Å²) in [5, 5.41) is 2.95. The third-order valence-electron chi connectivity index (χ3n) is 3.45. The highest BCUT2D eigenvalue weighted by atomic mass is 16.5. The van der Waals surface area contributed by atoms with E-state index < -0.39 is 0 Å². The molecule has 20 heavy (non-hydrogen) atoms. The molecule has 1 aromatic rings. The number of carbonyl (C=O) groups is 1. The topological polar surface area (TPSA) is 54.5 Å². The zero-order chi connectivity index (χ0) is 15.0. The van der Waals surface area contributed by atoms with Gasteiger partial charge in [-0.15, -0.1) is 0 Å². The lowest BCUT2D eigenvalue weighted by Crippen LogP contribution is -2.41. The lowest BCUT2D eigenvalue weighted by atomic mass is 10.1. The van der Waals surface area contributed by atoms with Gasteiger partial charge in [0.1, 0.15) is 5.82 Å². The molecule has 0 aliphatic rings. The molecule has 0 fully saturated rings. The summed E-state index contributed by atoms with van der Waals surface area (Å²) in [6.45, 7) is 5.35. The number of anilines is 1. The Labute approximate surface area is 121 Å². The van der Waals surface area contributed by atoms with E-state index >= 15 is 0 Å². The van der Waals surface area contributed by atoms with E-state index in [4.69, 9.17) is 4.74 Å². The van der Waals surface area contributed by atoms with Crippen LogP contribution in [-0.2, 0) is 4.74 Å². The highest BCUT2D eigenvalue weighted by molar-refractivity contribution is 5.94. The summed E-state index contributed by atoms with van der Waals surface area (Å²) in [6, 6.07) is 3.86. The molecular formula is C15H25N3O2. The minimum atomic E-state index is 0.0194. The minimum absolute atomic E-state index is 0.0194. The predicted octanol–water partition coefficient (Wildman–Crippen LogP) is 2.40. The summed E-state index contributed by atoms with van der Waals surface area (Å²) in [5.74, 6) is 0.776. The fourth-order valence-electron chi connectivity index (χ4n) is 2.20. The van der Waals surface area contributed by atoms with Crippen LogP contribution in [0.3, 0.4) is 0 Å². The summed E-state index contributed by atoms with van der Waals surface area (Å²) in [7, 11) is 3.46. The molecule has 0 aromatic carbocycles. The van der Waals surface area contributed by atoms with Crippen molar-refractivity contribution in [3.8, 4) is 0 Å². The molecule has 0 saturated heterocycles. The smallest absolute Gasteiger partial charge is 0.255 e. The van der Waals surface area contributed by atoms with E-state index in [1.165, 1.54) is 0 Å². The second kappa shape index (κ2) is 8.53. The van der Waals surface area contributed by atoms with Crippen molar-refractivity contribution < 1.29 is 9.53 Å². The molecule has 0 unspecified atom stereocenters. The first kappa shape index (κ1) is 16.4. The Kier molecular flexibility index (Phi) is 7.01. The van der Waals surface area contributed by atoms with E-state index in [1.54, 1.807) is 20.4 Å². The van der Waals surface area contributed by atoms with E-state index in [0.29, 0.717) is 18.7 Å². The molecule has 0 atom stereocenters. The van der Waals surface area contributed by atoms with Crippen LogP contribution in [0.2, 0.25) is 0 Å². The molecule has 1 amide bonds. The Balaban J connectivity index is 2.89. The molecule has 0 aliphatic heterocycles. The van der Waals surface area contributed by atoms with E-state index in [1.807, 2.05) is 17.0 Å². The molecule has 1 rings (SSSR count).